The molecule has 2 aliphatic heterocycles. The molecule has 0 N–H and O–H groups in total. The predicted molar refractivity (Wildman–Crippen MR) is 152 cm³/mol. The molecule has 2 saturated heterocycles. The number of hydrogen-bond donors (Lipinski definition) is 0. The van der Waals surface area contributed by atoms with E-state index in [1.807, 2.05) is 0 Å². The van der Waals surface area contributed by atoms with Crippen LogP contribution in [0.1, 0.15) is 41.6 Å². The molecule has 2 amide bonds. The van der Waals surface area contributed by atoms with Crippen molar-refractivity contribution in [2.24, 2.45) is 0 Å². The molecular weight excluding hydrogens is 524 g/mol. The van der Waals surface area contributed by atoms with Gasteiger partial charge in [0.05, 0.1) is 27.0 Å². The van der Waals surface area contributed by atoms with E-state index in [-0.39, 0.29) is 24.0 Å². The molecule has 2 aliphatic rings. The molecule has 0 unspecified atom stereocenters. The van der Waals surface area contributed by atoms with Crippen molar-refractivity contribution in [2.75, 3.05) is 39.3 Å². The van der Waals surface area contributed by atoms with Gasteiger partial charge in [0.2, 0.25) is 17.6 Å². The van der Waals surface area contributed by atoms with Crippen molar-refractivity contribution < 1.29 is 28.6 Å². The number of rotatable bonds is 8. The van der Waals surface area contributed by atoms with Crippen molar-refractivity contribution in [1.29, 1.82) is 0 Å². The van der Waals surface area contributed by atoms with E-state index in [0.29, 0.717) is 38.4 Å². The predicted octanol–water partition coefficient (Wildman–Crippen LogP) is 4.74. The molecule has 0 aromatic heterocycles. The third-order valence-corrected chi connectivity index (χ3v) is 8.15. The van der Waals surface area contributed by atoms with Crippen LogP contribution >= 0.6 is 24.0 Å². The minimum absolute atomic E-state index is 0.107. The summed E-state index contributed by atoms with van der Waals surface area (Å²) in [6, 6.07) is 9.93. The fraction of sp³-hybridized carbons (Fsp3) is 0.357. The van der Waals surface area contributed by atoms with Crippen molar-refractivity contribution in [3.63, 3.8) is 0 Å². The van der Waals surface area contributed by atoms with Gasteiger partial charge in [0.15, 0.2) is 17.3 Å². The molecule has 2 aromatic carbocycles. The number of benzene rings is 2. The van der Waals surface area contributed by atoms with Gasteiger partial charge in [0, 0.05) is 25.1 Å². The summed E-state index contributed by atoms with van der Waals surface area (Å²) in [6.07, 6.45) is 6.57. The van der Waals surface area contributed by atoms with E-state index < -0.39 is 5.25 Å². The van der Waals surface area contributed by atoms with E-state index in [1.165, 1.54) is 50.5 Å². The second-order valence-electron chi connectivity index (χ2n) is 8.89. The highest BCUT2D eigenvalue weighted by Gasteiger charge is 2.41. The zero-order chi connectivity index (χ0) is 27.2. The van der Waals surface area contributed by atoms with E-state index in [9.17, 15) is 14.4 Å². The summed E-state index contributed by atoms with van der Waals surface area (Å²) in [5, 5.41) is -0.528. The Kier molecular flexibility index (Phi) is 9.06. The Morgan fingerprint density at radius 3 is 2.18 bits per heavy atom. The third-order valence-electron chi connectivity index (χ3n) is 6.49. The minimum Gasteiger partial charge on any atom is -0.493 e. The average molecular weight is 555 g/mol. The molecule has 10 heteroatoms. The Morgan fingerprint density at radius 2 is 1.61 bits per heavy atom. The first-order valence-corrected chi connectivity index (χ1v) is 13.6. The lowest BCUT2D eigenvalue weighted by atomic mass is 10.1. The molecule has 0 spiro atoms. The van der Waals surface area contributed by atoms with Crippen LogP contribution in [0, 0.1) is 0 Å². The highest BCUT2D eigenvalue weighted by Crippen LogP contribution is 2.38. The quantitative estimate of drug-likeness (QED) is 0.199. The number of ether oxygens (including phenoxy) is 3. The van der Waals surface area contributed by atoms with Crippen LogP contribution in [-0.2, 0) is 9.59 Å². The zero-order valence-electron chi connectivity index (χ0n) is 21.6. The second-order valence-corrected chi connectivity index (χ2v) is 10.7. The number of anilines is 1. The van der Waals surface area contributed by atoms with E-state index in [2.05, 4.69) is 4.90 Å². The lowest BCUT2D eigenvalue weighted by Crippen LogP contribution is -2.35. The van der Waals surface area contributed by atoms with E-state index in [4.69, 9.17) is 26.4 Å². The Balaban J connectivity index is 1.42. The molecule has 0 saturated carbocycles. The number of piperidine rings is 1. The first-order valence-electron chi connectivity index (χ1n) is 12.3. The molecule has 2 aromatic rings. The number of carbonyl (C=O) groups is 3. The SMILES string of the molecule is COc1cc(/C=C/C(=O)c2ccc(N3C(=O)C[C@@H](SC(=S)N4CCCCC4)C3=O)cc2)cc(OC)c1OC. The van der Waals surface area contributed by atoms with Crippen LogP contribution in [0.4, 0.5) is 5.69 Å². The van der Waals surface area contributed by atoms with Crippen molar-refractivity contribution in [3.8, 4) is 17.2 Å². The first-order chi connectivity index (χ1) is 18.4. The van der Waals surface area contributed by atoms with Gasteiger partial charge in [-0.05, 0) is 67.3 Å². The number of ketones is 1. The molecule has 200 valence electrons. The lowest BCUT2D eigenvalue weighted by Gasteiger charge is -2.29. The van der Waals surface area contributed by atoms with Gasteiger partial charge in [-0.2, -0.15) is 0 Å². The van der Waals surface area contributed by atoms with Crippen molar-refractivity contribution in [1.82, 2.24) is 4.90 Å². The number of allylic oxidation sites excluding steroid dienone is 1. The molecule has 38 heavy (non-hydrogen) atoms. The number of nitrogens with zero attached hydrogens (tertiary/aromatic N) is 2. The molecule has 1 atom stereocenters. The molecule has 4 rings (SSSR count). The summed E-state index contributed by atoms with van der Waals surface area (Å²) < 4.78 is 16.7. The molecule has 8 nitrogen and oxygen atoms in total. The van der Waals surface area contributed by atoms with Crippen LogP contribution in [-0.4, -0.2) is 66.5 Å². The Bertz CT molecular complexity index is 1230. The highest BCUT2D eigenvalue weighted by molar-refractivity contribution is 8.23. The van der Waals surface area contributed by atoms with Gasteiger partial charge in [-0.1, -0.05) is 30.1 Å². The average Bonchev–Trinajstić information content (AvgIpc) is 3.23. The summed E-state index contributed by atoms with van der Waals surface area (Å²) in [5.74, 6) is 0.655. The van der Waals surface area contributed by atoms with Crippen LogP contribution in [0.3, 0.4) is 0 Å². The normalized spacial score (nSPS) is 17.7. The fourth-order valence-corrected chi connectivity index (χ4v) is 6.02. The molecule has 0 radical (unpaired) electrons. The molecule has 2 heterocycles. The second kappa shape index (κ2) is 12.4. The molecular formula is C28H30N2O6S2. The van der Waals surface area contributed by atoms with E-state index >= 15 is 0 Å². The monoisotopic (exact) mass is 554 g/mol. The number of hydrogen-bond acceptors (Lipinski definition) is 8. The Labute approximate surface area is 231 Å². The number of thiocarbonyl (C=S) groups is 1. The van der Waals surface area contributed by atoms with Crippen molar-refractivity contribution in [2.45, 2.75) is 30.9 Å². The van der Waals surface area contributed by atoms with Crippen molar-refractivity contribution in [3.05, 3.63) is 53.6 Å². The number of amides is 2. The maximum Gasteiger partial charge on any atom is 0.247 e. The fourth-order valence-electron chi connectivity index (χ4n) is 4.48. The lowest BCUT2D eigenvalue weighted by molar-refractivity contribution is -0.121. The molecule has 0 aliphatic carbocycles. The summed E-state index contributed by atoms with van der Waals surface area (Å²) in [4.78, 5) is 41.9. The summed E-state index contributed by atoms with van der Waals surface area (Å²) in [5.41, 5.74) is 1.56. The van der Waals surface area contributed by atoms with Crippen LogP contribution in [0.5, 0.6) is 17.2 Å². The van der Waals surface area contributed by atoms with Gasteiger partial charge < -0.3 is 19.1 Å². The van der Waals surface area contributed by atoms with Crippen molar-refractivity contribution >= 4 is 57.7 Å². The minimum atomic E-state index is -0.528. The van der Waals surface area contributed by atoms with Crippen LogP contribution in [0.25, 0.3) is 6.08 Å². The Hall–Kier alpha value is -3.37. The standard InChI is InChI=1S/C28H30N2O6S2/c1-34-22-15-18(16-23(35-2)26(22)36-3)7-12-21(31)19-8-10-20(11-9-19)30-25(32)17-24(27(30)33)38-28(37)29-13-5-4-6-14-29/h7-12,15-16,24H,4-6,13-14,17H2,1-3H3/b12-7+/t24-/m1/s1. The number of likely N-dealkylation sites (tertiary alicyclic amines) is 1. The van der Waals surface area contributed by atoms with Gasteiger partial charge in [-0.15, -0.1) is 0 Å². The number of carbonyl (C=O) groups excluding carboxylic acids is 3. The van der Waals surface area contributed by atoms with Gasteiger partial charge in [-0.3, -0.25) is 14.4 Å². The van der Waals surface area contributed by atoms with Crippen LogP contribution in [0.2, 0.25) is 0 Å². The topological polar surface area (TPSA) is 85.4 Å². The van der Waals surface area contributed by atoms with E-state index in [1.54, 1.807) is 42.5 Å². The van der Waals surface area contributed by atoms with E-state index in [0.717, 1.165) is 25.9 Å². The molecule has 2 fully saturated rings. The maximum absolute atomic E-state index is 13.1. The summed E-state index contributed by atoms with van der Waals surface area (Å²) in [7, 11) is 4.57. The Morgan fingerprint density at radius 1 is 0.974 bits per heavy atom. The van der Waals surface area contributed by atoms with Crippen LogP contribution < -0.4 is 19.1 Å². The number of imide groups is 1. The summed E-state index contributed by atoms with van der Waals surface area (Å²) in [6.45, 7) is 1.79. The zero-order valence-corrected chi connectivity index (χ0v) is 23.2. The summed E-state index contributed by atoms with van der Waals surface area (Å²) >= 11 is 6.85. The van der Waals surface area contributed by atoms with Gasteiger partial charge in [0.25, 0.3) is 0 Å². The maximum atomic E-state index is 13.1. The van der Waals surface area contributed by atoms with Gasteiger partial charge in [-0.25, -0.2) is 4.90 Å². The highest BCUT2D eigenvalue weighted by atomic mass is 32.2. The first kappa shape index (κ1) is 27.7. The van der Waals surface area contributed by atoms with Gasteiger partial charge in [0.1, 0.15) is 9.57 Å². The number of methoxy groups -OCH3 is 3. The van der Waals surface area contributed by atoms with Gasteiger partial charge >= 0.3 is 0 Å². The third kappa shape index (κ3) is 6.02. The smallest absolute Gasteiger partial charge is 0.247 e. The number of thioether (sulfide) groups is 1. The van der Waals surface area contributed by atoms with Crippen LogP contribution in [0.15, 0.2) is 42.5 Å². The molecule has 0 bridgehead atoms. The largest absolute Gasteiger partial charge is 0.493 e.